The quantitative estimate of drug-likeness (QED) is 0.686. The highest BCUT2D eigenvalue weighted by Crippen LogP contribution is 2.82. The van der Waals surface area contributed by atoms with E-state index in [4.69, 9.17) is 0 Å². The lowest BCUT2D eigenvalue weighted by atomic mass is 9.44. The number of fused-ring (bicyclic) bond motifs is 3. The largest absolute Gasteiger partial charge is 0.392 e. The van der Waals surface area contributed by atoms with Crippen molar-refractivity contribution in [1.29, 1.82) is 0 Å². The molecule has 0 unspecified atom stereocenters. The summed E-state index contributed by atoms with van der Waals surface area (Å²) >= 11 is 0. The smallest absolute Gasteiger partial charge is 0.0632 e. The molecule has 0 aromatic heterocycles. The maximum atomic E-state index is 11.4. The Labute approximate surface area is 141 Å². The second-order valence-electron chi connectivity index (χ2n) is 9.89. The predicted molar refractivity (Wildman–Crippen MR) is 91.0 cm³/mol. The summed E-state index contributed by atoms with van der Waals surface area (Å²) in [5.74, 6) is 0. The highest BCUT2D eigenvalue weighted by atomic mass is 16.3. The minimum absolute atomic E-state index is 0.155. The zero-order valence-corrected chi connectivity index (χ0v) is 14.7. The lowest BCUT2D eigenvalue weighted by Crippen LogP contribution is -2.61. The van der Waals surface area contributed by atoms with Crippen LogP contribution in [0.4, 0.5) is 0 Å². The highest BCUT2D eigenvalue weighted by molar-refractivity contribution is 5.27. The normalized spacial score (nSPS) is 50.3. The summed E-state index contributed by atoms with van der Waals surface area (Å²) in [5.41, 5.74) is 0.834. The maximum absolute atomic E-state index is 11.4. The minimum atomic E-state index is -0.242. The predicted octanol–water partition coefficient (Wildman–Crippen LogP) is 4.57. The molecule has 2 heteroatoms. The molecule has 5 aliphatic carbocycles. The zero-order chi connectivity index (χ0) is 15.8. The van der Waals surface area contributed by atoms with Gasteiger partial charge in [0, 0.05) is 5.41 Å². The van der Waals surface area contributed by atoms with Gasteiger partial charge in [-0.2, -0.15) is 0 Å². The van der Waals surface area contributed by atoms with Crippen LogP contribution in [0.3, 0.4) is 0 Å². The number of aliphatic hydroxyl groups excluding tert-OH is 2. The monoisotopic (exact) mass is 318 g/mol. The van der Waals surface area contributed by atoms with Gasteiger partial charge < -0.3 is 10.2 Å². The number of rotatable bonds is 0. The van der Waals surface area contributed by atoms with Crippen molar-refractivity contribution in [1.82, 2.24) is 0 Å². The van der Waals surface area contributed by atoms with Crippen molar-refractivity contribution < 1.29 is 10.2 Å². The fraction of sp³-hybridized carbons (Fsp3) is 1.00. The summed E-state index contributed by atoms with van der Waals surface area (Å²) < 4.78 is 0. The molecule has 0 aromatic carbocycles. The molecule has 23 heavy (non-hydrogen) atoms. The van der Waals surface area contributed by atoms with Gasteiger partial charge in [0.05, 0.1) is 12.2 Å². The Kier molecular flexibility index (Phi) is 3.14. The summed E-state index contributed by atoms with van der Waals surface area (Å²) in [6, 6.07) is 0. The Morgan fingerprint density at radius 3 is 1.70 bits per heavy atom. The molecule has 4 atom stereocenters. The third-order valence-electron chi connectivity index (χ3n) is 9.86. The average molecular weight is 319 g/mol. The van der Waals surface area contributed by atoms with Gasteiger partial charge in [-0.1, -0.05) is 32.1 Å². The fourth-order valence-electron chi connectivity index (χ4n) is 9.50. The summed E-state index contributed by atoms with van der Waals surface area (Å²) in [4.78, 5) is 0. The van der Waals surface area contributed by atoms with E-state index in [2.05, 4.69) is 0 Å². The Balaban J connectivity index is 1.72. The van der Waals surface area contributed by atoms with E-state index < -0.39 is 0 Å². The van der Waals surface area contributed by atoms with Crippen molar-refractivity contribution in [3.63, 3.8) is 0 Å². The first kappa shape index (κ1) is 15.2. The molecule has 2 nitrogen and oxygen atoms in total. The Hall–Kier alpha value is -0.0800. The van der Waals surface area contributed by atoms with Crippen molar-refractivity contribution in [2.45, 2.75) is 109 Å². The minimum Gasteiger partial charge on any atom is -0.392 e. The number of hydrogen-bond donors (Lipinski definition) is 2. The third kappa shape index (κ3) is 1.47. The first-order valence-corrected chi connectivity index (χ1v) is 10.5. The Morgan fingerprint density at radius 2 is 1.04 bits per heavy atom. The SMILES string of the molecule is O[C@@H]1CCC2(CCCC2)[C@]12[C@H](O)CC[C@@]21CCCC12CCCC2. The van der Waals surface area contributed by atoms with Gasteiger partial charge in [-0.25, -0.2) is 0 Å². The van der Waals surface area contributed by atoms with Gasteiger partial charge in [-0.15, -0.1) is 0 Å². The van der Waals surface area contributed by atoms with Crippen molar-refractivity contribution >= 4 is 0 Å². The number of hydrogen-bond acceptors (Lipinski definition) is 2. The van der Waals surface area contributed by atoms with Crippen LogP contribution in [0, 0.1) is 21.7 Å². The summed E-state index contributed by atoms with van der Waals surface area (Å²) in [6.07, 6.45) is 18.6. The highest BCUT2D eigenvalue weighted by Gasteiger charge is 2.79. The Bertz CT molecular complexity index is 477. The Morgan fingerprint density at radius 1 is 0.522 bits per heavy atom. The molecule has 2 N–H and O–H groups in total. The van der Waals surface area contributed by atoms with Crippen LogP contribution in [0.5, 0.6) is 0 Å². The first-order valence-electron chi connectivity index (χ1n) is 10.5. The van der Waals surface area contributed by atoms with Crippen molar-refractivity contribution in [2.24, 2.45) is 21.7 Å². The molecule has 5 rings (SSSR count). The molecule has 0 bridgehead atoms. The van der Waals surface area contributed by atoms with E-state index in [0.29, 0.717) is 5.41 Å². The van der Waals surface area contributed by atoms with E-state index in [1.807, 2.05) is 0 Å². The van der Waals surface area contributed by atoms with Gasteiger partial charge in [0.25, 0.3) is 0 Å². The molecule has 0 amide bonds. The molecule has 0 aliphatic heterocycles. The summed E-state index contributed by atoms with van der Waals surface area (Å²) in [5, 5.41) is 22.8. The molecule has 4 spiro atoms. The van der Waals surface area contributed by atoms with E-state index in [1.54, 1.807) is 0 Å². The molecule has 0 aromatic rings. The summed E-state index contributed by atoms with van der Waals surface area (Å²) in [6.45, 7) is 0. The molecule has 5 saturated carbocycles. The molecule has 130 valence electrons. The third-order valence-corrected chi connectivity index (χ3v) is 9.86. The molecule has 5 aliphatic rings. The standard InChI is InChI=1S/C21H34O2/c22-16-6-14-19(10-3-4-11-19)21(16)17(23)7-15-20(21)13-5-12-18(20)8-1-2-9-18/h16-17,22-23H,1-15H2/t16-,17-,20-,21-/m1/s1. The molecular formula is C21H34O2. The van der Waals surface area contributed by atoms with Crippen LogP contribution in [0.2, 0.25) is 0 Å². The van der Waals surface area contributed by atoms with E-state index in [9.17, 15) is 10.2 Å². The van der Waals surface area contributed by atoms with Crippen molar-refractivity contribution in [3.05, 3.63) is 0 Å². The average Bonchev–Trinajstić information content (AvgIpc) is 3.32. The molecular weight excluding hydrogens is 284 g/mol. The second kappa shape index (κ2) is 4.75. The van der Waals surface area contributed by atoms with Gasteiger partial charge in [-0.3, -0.25) is 0 Å². The van der Waals surface area contributed by atoms with Gasteiger partial charge in [0.15, 0.2) is 0 Å². The van der Waals surface area contributed by atoms with Crippen LogP contribution in [-0.4, -0.2) is 22.4 Å². The first-order chi connectivity index (χ1) is 11.1. The lowest BCUT2D eigenvalue weighted by molar-refractivity contribution is -0.195. The van der Waals surface area contributed by atoms with E-state index in [1.165, 1.54) is 83.5 Å². The summed E-state index contributed by atoms with van der Waals surface area (Å²) in [7, 11) is 0. The van der Waals surface area contributed by atoms with Crippen molar-refractivity contribution in [2.75, 3.05) is 0 Å². The molecule has 0 radical (unpaired) electrons. The lowest BCUT2D eigenvalue weighted by Gasteiger charge is -2.60. The molecule has 0 heterocycles. The van der Waals surface area contributed by atoms with Crippen molar-refractivity contribution in [3.8, 4) is 0 Å². The van der Waals surface area contributed by atoms with Gasteiger partial charge in [-0.05, 0) is 80.5 Å². The van der Waals surface area contributed by atoms with Gasteiger partial charge in [0.1, 0.15) is 0 Å². The van der Waals surface area contributed by atoms with Crippen LogP contribution < -0.4 is 0 Å². The van der Waals surface area contributed by atoms with Crippen LogP contribution >= 0.6 is 0 Å². The second-order valence-corrected chi connectivity index (χ2v) is 9.89. The van der Waals surface area contributed by atoms with Crippen LogP contribution in [0.25, 0.3) is 0 Å². The van der Waals surface area contributed by atoms with E-state index in [0.717, 1.165) is 12.8 Å². The topological polar surface area (TPSA) is 40.5 Å². The molecule has 0 saturated heterocycles. The maximum Gasteiger partial charge on any atom is 0.0632 e. The molecule has 5 fully saturated rings. The van der Waals surface area contributed by atoms with E-state index >= 15 is 0 Å². The van der Waals surface area contributed by atoms with Crippen LogP contribution in [0.1, 0.15) is 96.3 Å². The van der Waals surface area contributed by atoms with Gasteiger partial charge >= 0.3 is 0 Å². The van der Waals surface area contributed by atoms with Crippen LogP contribution in [-0.2, 0) is 0 Å². The fourth-order valence-corrected chi connectivity index (χ4v) is 9.50. The van der Waals surface area contributed by atoms with E-state index in [-0.39, 0.29) is 28.5 Å². The van der Waals surface area contributed by atoms with Crippen LogP contribution in [0.15, 0.2) is 0 Å². The number of aliphatic hydroxyl groups is 2. The zero-order valence-electron chi connectivity index (χ0n) is 14.7. The van der Waals surface area contributed by atoms with Gasteiger partial charge in [0.2, 0.25) is 0 Å².